The summed E-state index contributed by atoms with van der Waals surface area (Å²) in [5.41, 5.74) is 1.96. The van der Waals surface area contributed by atoms with Gasteiger partial charge in [0.2, 0.25) is 0 Å². The second kappa shape index (κ2) is 3.44. The Balaban J connectivity index is 2.24. The molecular formula is C11H8N4O2. The number of carboxylic acids is 1. The van der Waals surface area contributed by atoms with Crippen molar-refractivity contribution in [2.24, 2.45) is 0 Å². The normalized spacial score (nSPS) is 10.8. The minimum Gasteiger partial charge on any atom is -0.477 e. The minimum atomic E-state index is -1.03. The maximum atomic E-state index is 11.0. The smallest absolute Gasteiger partial charge is 0.341 e. The van der Waals surface area contributed by atoms with E-state index in [9.17, 15) is 4.79 Å². The minimum absolute atomic E-state index is 0.0957. The van der Waals surface area contributed by atoms with Crippen molar-refractivity contribution in [3.05, 3.63) is 42.4 Å². The molecule has 0 saturated carbocycles. The molecule has 2 N–H and O–H groups in total. The van der Waals surface area contributed by atoms with Gasteiger partial charge in [-0.25, -0.2) is 14.3 Å². The fraction of sp³-hybridized carbons (Fsp3) is 0. The number of carbonyl (C=O) groups is 1. The van der Waals surface area contributed by atoms with Gasteiger partial charge in [0.05, 0.1) is 17.6 Å². The Morgan fingerprint density at radius 1 is 1.41 bits per heavy atom. The Morgan fingerprint density at radius 2 is 2.29 bits per heavy atom. The molecule has 6 heteroatoms. The van der Waals surface area contributed by atoms with Crippen LogP contribution in [0.5, 0.6) is 0 Å². The van der Waals surface area contributed by atoms with E-state index < -0.39 is 5.97 Å². The summed E-state index contributed by atoms with van der Waals surface area (Å²) in [6.45, 7) is 0. The average molecular weight is 228 g/mol. The van der Waals surface area contributed by atoms with E-state index in [1.54, 1.807) is 18.5 Å². The Kier molecular flexibility index (Phi) is 1.94. The molecule has 0 atom stereocenters. The van der Waals surface area contributed by atoms with Crippen molar-refractivity contribution in [2.45, 2.75) is 0 Å². The van der Waals surface area contributed by atoms with Crippen LogP contribution < -0.4 is 0 Å². The highest BCUT2D eigenvalue weighted by molar-refractivity contribution is 5.94. The second-order valence-corrected chi connectivity index (χ2v) is 3.53. The molecule has 0 radical (unpaired) electrons. The number of aromatic nitrogens is 4. The van der Waals surface area contributed by atoms with Gasteiger partial charge in [-0.1, -0.05) is 0 Å². The lowest BCUT2D eigenvalue weighted by molar-refractivity contribution is 0.0699. The molecule has 0 unspecified atom stereocenters. The van der Waals surface area contributed by atoms with Gasteiger partial charge in [0.15, 0.2) is 5.65 Å². The number of aromatic amines is 1. The Morgan fingerprint density at radius 3 is 3.00 bits per heavy atom. The zero-order valence-electron chi connectivity index (χ0n) is 8.66. The fourth-order valence-corrected chi connectivity index (χ4v) is 1.66. The highest BCUT2D eigenvalue weighted by atomic mass is 16.4. The van der Waals surface area contributed by atoms with E-state index in [0.29, 0.717) is 11.3 Å². The highest BCUT2D eigenvalue weighted by Crippen LogP contribution is 2.16. The first-order chi connectivity index (χ1) is 8.25. The third-order valence-electron chi connectivity index (χ3n) is 2.47. The summed E-state index contributed by atoms with van der Waals surface area (Å²) >= 11 is 0. The first-order valence-electron chi connectivity index (χ1n) is 4.97. The molecule has 0 spiro atoms. The summed E-state index contributed by atoms with van der Waals surface area (Å²) in [6, 6.07) is 5.50. The van der Waals surface area contributed by atoms with Crippen LogP contribution in [0.15, 0.2) is 36.8 Å². The van der Waals surface area contributed by atoms with Gasteiger partial charge in [0.1, 0.15) is 5.56 Å². The zero-order chi connectivity index (χ0) is 11.8. The summed E-state index contributed by atoms with van der Waals surface area (Å²) in [5, 5.41) is 12.9. The average Bonchev–Trinajstić information content (AvgIpc) is 2.97. The molecule has 3 rings (SSSR count). The molecule has 17 heavy (non-hydrogen) atoms. The van der Waals surface area contributed by atoms with E-state index in [-0.39, 0.29) is 5.56 Å². The topological polar surface area (TPSA) is 83.3 Å². The number of aromatic carboxylic acids is 1. The van der Waals surface area contributed by atoms with Crippen LogP contribution in [0, 0.1) is 0 Å². The third kappa shape index (κ3) is 1.46. The monoisotopic (exact) mass is 228 g/mol. The van der Waals surface area contributed by atoms with E-state index in [0.717, 1.165) is 5.69 Å². The molecule has 84 valence electrons. The standard InChI is InChI=1S/C11H8N4O2/c16-11(17)7-6-13-15-5-3-9(14-10(7)15)8-2-1-4-12-8/h1-6,12H,(H,16,17). The maximum absolute atomic E-state index is 11.0. The predicted molar refractivity (Wildman–Crippen MR) is 59.7 cm³/mol. The first kappa shape index (κ1) is 9.59. The molecule has 0 amide bonds. The SMILES string of the molecule is O=C(O)c1cnn2ccc(-c3ccc[nH]3)nc12. The number of rotatable bonds is 2. The molecule has 0 aliphatic carbocycles. The number of fused-ring (bicyclic) bond motifs is 1. The van der Waals surface area contributed by atoms with Crippen LogP contribution in [0.25, 0.3) is 17.0 Å². The van der Waals surface area contributed by atoms with Crippen LogP contribution in [0.3, 0.4) is 0 Å². The van der Waals surface area contributed by atoms with Crippen LogP contribution in [0.2, 0.25) is 0 Å². The zero-order valence-corrected chi connectivity index (χ0v) is 8.66. The Hall–Kier alpha value is -2.63. The number of hydrogen-bond donors (Lipinski definition) is 2. The summed E-state index contributed by atoms with van der Waals surface area (Å²) < 4.78 is 1.44. The molecule has 0 aliphatic rings. The summed E-state index contributed by atoms with van der Waals surface area (Å²) in [5.74, 6) is -1.03. The van der Waals surface area contributed by atoms with Crippen LogP contribution in [0.4, 0.5) is 0 Å². The van der Waals surface area contributed by atoms with Crippen molar-refractivity contribution in [2.75, 3.05) is 0 Å². The van der Waals surface area contributed by atoms with Crippen molar-refractivity contribution in [3.63, 3.8) is 0 Å². The lowest BCUT2D eigenvalue weighted by atomic mass is 10.3. The van der Waals surface area contributed by atoms with Crippen LogP contribution in [0.1, 0.15) is 10.4 Å². The van der Waals surface area contributed by atoms with Gasteiger partial charge in [-0.2, -0.15) is 5.10 Å². The molecule has 6 nitrogen and oxygen atoms in total. The predicted octanol–water partition coefficient (Wildman–Crippen LogP) is 1.42. The summed E-state index contributed by atoms with van der Waals surface area (Å²) in [6.07, 6.45) is 4.77. The van der Waals surface area contributed by atoms with Crippen molar-refractivity contribution < 1.29 is 9.90 Å². The molecule has 0 bridgehead atoms. The second-order valence-electron chi connectivity index (χ2n) is 3.53. The van der Waals surface area contributed by atoms with Gasteiger partial charge in [0.25, 0.3) is 0 Å². The van der Waals surface area contributed by atoms with Crippen LogP contribution >= 0.6 is 0 Å². The quantitative estimate of drug-likeness (QED) is 0.694. The Bertz CT molecular complexity index is 685. The van der Waals surface area contributed by atoms with Gasteiger partial charge in [-0.15, -0.1) is 0 Å². The molecular weight excluding hydrogens is 220 g/mol. The van der Waals surface area contributed by atoms with E-state index in [1.165, 1.54) is 10.7 Å². The summed E-state index contributed by atoms with van der Waals surface area (Å²) in [4.78, 5) is 18.3. The number of nitrogens with zero attached hydrogens (tertiary/aromatic N) is 3. The third-order valence-corrected chi connectivity index (χ3v) is 2.47. The number of carboxylic acid groups (broad SMARTS) is 1. The molecule has 3 heterocycles. The maximum Gasteiger partial charge on any atom is 0.341 e. The lowest BCUT2D eigenvalue weighted by Gasteiger charge is -1.99. The van der Waals surface area contributed by atoms with E-state index in [1.807, 2.05) is 12.1 Å². The largest absolute Gasteiger partial charge is 0.477 e. The molecule has 0 aromatic carbocycles. The number of nitrogens with one attached hydrogen (secondary N) is 1. The fourth-order valence-electron chi connectivity index (χ4n) is 1.66. The number of hydrogen-bond acceptors (Lipinski definition) is 3. The van der Waals surface area contributed by atoms with E-state index in [4.69, 9.17) is 5.11 Å². The van der Waals surface area contributed by atoms with E-state index in [2.05, 4.69) is 15.1 Å². The molecule has 0 saturated heterocycles. The van der Waals surface area contributed by atoms with Gasteiger partial charge >= 0.3 is 5.97 Å². The molecule has 0 aliphatic heterocycles. The summed E-state index contributed by atoms with van der Waals surface area (Å²) in [7, 11) is 0. The van der Waals surface area contributed by atoms with E-state index >= 15 is 0 Å². The molecule has 3 aromatic heterocycles. The van der Waals surface area contributed by atoms with Crippen LogP contribution in [-0.4, -0.2) is 30.7 Å². The Labute approximate surface area is 95.5 Å². The van der Waals surface area contributed by atoms with Gasteiger partial charge in [-0.05, 0) is 18.2 Å². The van der Waals surface area contributed by atoms with Gasteiger partial charge in [0, 0.05) is 12.4 Å². The van der Waals surface area contributed by atoms with Crippen molar-refractivity contribution in [3.8, 4) is 11.4 Å². The van der Waals surface area contributed by atoms with Crippen molar-refractivity contribution >= 4 is 11.6 Å². The van der Waals surface area contributed by atoms with Crippen molar-refractivity contribution in [1.29, 1.82) is 0 Å². The van der Waals surface area contributed by atoms with Crippen LogP contribution in [-0.2, 0) is 0 Å². The highest BCUT2D eigenvalue weighted by Gasteiger charge is 2.13. The molecule has 3 aromatic rings. The van der Waals surface area contributed by atoms with Gasteiger partial charge < -0.3 is 10.1 Å². The van der Waals surface area contributed by atoms with Gasteiger partial charge in [-0.3, -0.25) is 0 Å². The van der Waals surface area contributed by atoms with Crippen molar-refractivity contribution in [1.82, 2.24) is 19.6 Å². The number of H-pyrrole nitrogens is 1. The first-order valence-corrected chi connectivity index (χ1v) is 4.97. The molecule has 0 fully saturated rings. The lowest BCUT2D eigenvalue weighted by Crippen LogP contribution is -1.98.